The number of carbonyl (C=O) groups excluding carboxylic acids is 1. The maximum absolute atomic E-state index is 11.9. The number of aryl methyl sites for hydroxylation is 2. The third kappa shape index (κ3) is 50.0. The number of aliphatic hydroxyl groups is 1. The lowest BCUT2D eigenvalue weighted by Crippen LogP contribution is -3.05. The van der Waals surface area contributed by atoms with Gasteiger partial charge in [0.1, 0.15) is 0 Å². The minimum absolute atomic E-state index is 0.0113. The molecule has 2 unspecified atom stereocenters. The first kappa shape index (κ1) is 57.4. The zero-order chi connectivity index (χ0) is 42.0. The molecule has 0 amide bonds. The van der Waals surface area contributed by atoms with Crippen LogP contribution in [0.2, 0.25) is 0 Å². The van der Waals surface area contributed by atoms with E-state index in [0.29, 0.717) is 37.9 Å². The summed E-state index contributed by atoms with van der Waals surface area (Å²) in [5.41, 5.74) is 2.66. The van der Waals surface area contributed by atoms with E-state index in [1.54, 1.807) is 0 Å². The molecule has 7 heteroatoms. The van der Waals surface area contributed by atoms with Gasteiger partial charge in [-0.05, 0) is 104 Å². The normalized spacial score (nSPS) is 11.8. The van der Waals surface area contributed by atoms with E-state index in [0.717, 1.165) is 38.6 Å². The van der Waals surface area contributed by atoms with Crippen molar-refractivity contribution in [1.29, 1.82) is 0 Å². The number of hydrogen-bond acceptors (Lipinski definition) is 5. The van der Waals surface area contributed by atoms with E-state index in [4.69, 9.17) is 14.9 Å². The number of quaternary nitrogens is 1. The maximum atomic E-state index is 11.9. The molecule has 0 fully saturated rings. The van der Waals surface area contributed by atoms with Crippen molar-refractivity contribution >= 4 is 11.9 Å². The van der Waals surface area contributed by atoms with Crippen LogP contribution >= 0.6 is 0 Å². The Bertz CT molecular complexity index is 900. The van der Waals surface area contributed by atoms with Gasteiger partial charge in [0.25, 0.3) is 0 Å². The lowest BCUT2D eigenvalue weighted by molar-refractivity contribution is -0.858. The van der Waals surface area contributed by atoms with Crippen molar-refractivity contribution in [1.82, 2.24) is 4.90 Å². The summed E-state index contributed by atoms with van der Waals surface area (Å²) in [6, 6.07) is 8.48. The average Bonchev–Trinajstić information content (AvgIpc) is 3.15. The highest BCUT2D eigenvalue weighted by Crippen LogP contribution is 2.19. The van der Waals surface area contributed by atoms with Gasteiger partial charge in [-0.25, -0.2) is 0 Å². The van der Waals surface area contributed by atoms with Gasteiger partial charge in [-0.2, -0.15) is 0 Å². The number of aliphatic carboxylic acids is 1. The molecule has 0 aliphatic rings. The van der Waals surface area contributed by atoms with Gasteiger partial charge in [-0.1, -0.05) is 147 Å². The summed E-state index contributed by atoms with van der Waals surface area (Å²) in [4.78, 5) is 25.5. The molecule has 0 spiro atoms. The summed E-state index contributed by atoms with van der Waals surface area (Å²) >= 11 is 0. The second-order valence-corrected chi connectivity index (χ2v) is 16.5. The van der Waals surface area contributed by atoms with E-state index in [2.05, 4.69) is 84.8 Å². The predicted molar refractivity (Wildman–Crippen MR) is 238 cm³/mol. The van der Waals surface area contributed by atoms with Gasteiger partial charge in [-0.3, -0.25) is 9.59 Å². The molecule has 0 aliphatic carbocycles. The molecule has 0 heterocycles. The highest BCUT2D eigenvalue weighted by molar-refractivity contribution is 5.69. The molecule has 0 radical (unpaired) electrons. The van der Waals surface area contributed by atoms with Crippen LogP contribution in [0, 0.1) is 25.7 Å². The van der Waals surface area contributed by atoms with E-state index < -0.39 is 5.97 Å². The maximum Gasteiger partial charge on any atom is 0.305 e. The number of hydrogen-bond donors (Lipinski definition) is 3. The van der Waals surface area contributed by atoms with Gasteiger partial charge >= 0.3 is 11.9 Å². The molecular weight excluding hydrogens is 685 g/mol. The van der Waals surface area contributed by atoms with Crippen LogP contribution in [0.3, 0.4) is 0 Å². The molecule has 1 rings (SSSR count). The molecule has 55 heavy (non-hydrogen) atoms. The molecule has 326 valence electrons. The summed E-state index contributed by atoms with van der Waals surface area (Å²) in [6.07, 6.45) is 27.6. The third-order valence-electron chi connectivity index (χ3n) is 9.87. The summed E-state index contributed by atoms with van der Waals surface area (Å²) in [5, 5.41) is 17.4. The molecule has 0 saturated heterocycles. The molecule has 1 aromatic carbocycles. The largest absolute Gasteiger partial charge is 0.481 e. The van der Waals surface area contributed by atoms with Crippen molar-refractivity contribution in [2.24, 2.45) is 11.8 Å². The van der Waals surface area contributed by atoms with E-state index in [1.807, 2.05) is 14.1 Å². The first-order chi connectivity index (χ1) is 26.4. The van der Waals surface area contributed by atoms with Crippen molar-refractivity contribution < 1.29 is 29.4 Å². The third-order valence-corrected chi connectivity index (χ3v) is 9.87. The Balaban J connectivity index is -0.000000713. The lowest BCUT2D eigenvalue weighted by atomic mass is 9.96. The van der Waals surface area contributed by atoms with Crippen molar-refractivity contribution in [3.63, 3.8) is 0 Å². The van der Waals surface area contributed by atoms with Crippen LogP contribution in [0.25, 0.3) is 0 Å². The lowest BCUT2D eigenvalue weighted by Gasteiger charge is -2.16. The minimum Gasteiger partial charge on any atom is -0.481 e. The number of carboxylic acids is 1. The van der Waals surface area contributed by atoms with Crippen LogP contribution in [-0.2, 0) is 14.3 Å². The number of esters is 1. The Hall–Kier alpha value is -1.96. The quantitative estimate of drug-likeness (QED) is 0.0513. The fourth-order valence-electron chi connectivity index (χ4n) is 6.07. The van der Waals surface area contributed by atoms with Gasteiger partial charge in [0.15, 0.2) is 0 Å². The topological polar surface area (TPSA) is 91.5 Å². The van der Waals surface area contributed by atoms with Crippen molar-refractivity contribution in [3.8, 4) is 0 Å². The number of carboxylic acid groups (broad SMARTS) is 1. The van der Waals surface area contributed by atoms with E-state index >= 15 is 0 Å². The molecular formula is C48H95N2O5+. The van der Waals surface area contributed by atoms with Crippen LogP contribution in [-0.4, -0.2) is 81.5 Å². The molecule has 1 aromatic rings. The number of nitrogens with zero attached hydrogens (tertiary/aromatic N) is 1. The minimum atomic E-state index is -0.685. The number of nitrogens with one attached hydrogen (secondary N) is 1. The zero-order valence-electron chi connectivity index (χ0n) is 38.3. The smallest absolute Gasteiger partial charge is 0.305 e. The zero-order valence-corrected chi connectivity index (χ0v) is 38.3. The first-order valence-electron chi connectivity index (χ1n) is 22.8. The van der Waals surface area contributed by atoms with Gasteiger partial charge in [-0.15, -0.1) is 0 Å². The van der Waals surface area contributed by atoms with Crippen LogP contribution in [0.4, 0.5) is 0 Å². The Morgan fingerprint density at radius 3 is 1.51 bits per heavy atom. The van der Waals surface area contributed by atoms with E-state index in [1.165, 1.54) is 132 Å². The SMILES string of the molecule is CCCCCCC(CCCC)COC(=O)CCCCC[NH+](C)C.CCCCCCC(CO)CCCC.CN(C)CCCCCC(=O)O.Cc1ccc(C)cc1. The Morgan fingerprint density at radius 2 is 1.05 bits per heavy atom. The average molecular weight is 780 g/mol. The highest BCUT2D eigenvalue weighted by Gasteiger charge is 2.12. The fourth-order valence-corrected chi connectivity index (χ4v) is 6.07. The van der Waals surface area contributed by atoms with Gasteiger partial charge in [0.05, 0.1) is 27.2 Å². The number of benzene rings is 1. The molecule has 3 N–H and O–H groups in total. The summed E-state index contributed by atoms with van der Waals surface area (Å²) in [7, 11) is 8.39. The van der Waals surface area contributed by atoms with Crippen LogP contribution < -0.4 is 4.90 Å². The van der Waals surface area contributed by atoms with Gasteiger partial charge in [0.2, 0.25) is 0 Å². The number of unbranched alkanes of at least 4 members (excludes halogenated alkanes) is 12. The number of aliphatic hydroxyl groups excluding tert-OH is 1. The molecule has 0 aliphatic heterocycles. The van der Waals surface area contributed by atoms with Crippen LogP contribution in [0.1, 0.15) is 193 Å². The summed E-state index contributed by atoms with van der Waals surface area (Å²) < 4.78 is 5.54. The van der Waals surface area contributed by atoms with E-state index in [9.17, 15) is 9.59 Å². The molecule has 0 bridgehead atoms. The fraction of sp³-hybridized carbons (Fsp3) is 0.833. The standard InChI is InChI=1S/C20H41NO2.C12H26O.C8H17NO2.C8H10/c1-5-7-9-11-15-19(14-8-6-2)18-23-20(22)16-12-10-13-17-21(3)4;1-3-5-7-8-10-12(11-13)9-6-4-2;1-9(2)7-5-3-4-6-8(10)11;1-7-3-5-8(2)6-4-7/h19H,5-18H2,1-4H3;12-13H,3-11H2,1-2H3;3-7H2,1-2H3,(H,10,11);3-6H,1-2H3/p+1. The predicted octanol–water partition coefficient (Wildman–Crippen LogP) is 11.3. The Morgan fingerprint density at radius 1 is 0.618 bits per heavy atom. The second kappa shape index (κ2) is 44.8. The summed E-state index contributed by atoms with van der Waals surface area (Å²) in [5.74, 6) is 0.483. The van der Waals surface area contributed by atoms with Gasteiger partial charge in [0, 0.05) is 19.4 Å². The molecule has 7 nitrogen and oxygen atoms in total. The number of carbonyl (C=O) groups is 2. The second-order valence-electron chi connectivity index (χ2n) is 16.5. The monoisotopic (exact) mass is 780 g/mol. The number of ether oxygens (including phenoxy) is 1. The van der Waals surface area contributed by atoms with Crippen LogP contribution in [0.5, 0.6) is 0 Å². The van der Waals surface area contributed by atoms with Crippen molar-refractivity contribution in [2.75, 3.05) is 54.5 Å². The molecule has 0 aromatic heterocycles. The van der Waals surface area contributed by atoms with Crippen molar-refractivity contribution in [3.05, 3.63) is 35.4 Å². The van der Waals surface area contributed by atoms with Gasteiger partial charge < -0.3 is 24.7 Å². The Kier molecular flexibility index (Phi) is 46.7. The number of rotatable bonds is 31. The van der Waals surface area contributed by atoms with E-state index in [-0.39, 0.29) is 5.97 Å². The molecule has 0 saturated carbocycles. The molecule has 2 atom stereocenters. The van der Waals surface area contributed by atoms with Crippen LogP contribution in [0.15, 0.2) is 24.3 Å². The summed E-state index contributed by atoms with van der Waals surface area (Å²) in [6.45, 7) is 16.4. The first-order valence-corrected chi connectivity index (χ1v) is 22.8. The Labute approximate surface area is 342 Å². The van der Waals surface area contributed by atoms with Crippen molar-refractivity contribution in [2.45, 2.75) is 196 Å². The highest BCUT2D eigenvalue weighted by atomic mass is 16.5.